The molecule has 0 radical (unpaired) electrons. The highest BCUT2D eigenvalue weighted by Crippen LogP contribution is 2.14. The average molecular weight is 257 g/mol. The van der Waals surface area contributed by atoms with Crippen molar-refractivity contribution in [1.82, 2.24) is 5.32 Å². The van der Waals surface area contributed by atoms with Gasteiger partial charge in [-0.05, 0) is 24.6 Å². The van der Waals surface area contributed by atoms with E-state index in [1.54, 1.807) is 31.2 Å². The van der Waals surface area contributed by atoms with E-state index in [4.69, 9.17) is 16.7 Å². The molecule has 2 amide bonds. The van der Waals surface area contributed by atoms with E-state index < -0.39 is 18.0 Å². The van der Waals surface area contributed by atoms with Crippen molar-refractivity contribution < 1.29 is 14.7 Å². The van der Waals surface area contributed by atoms with Crippen molar-refractivity contribution in [3.8, 4) is 0 Å². The third kappa shape index (κ3) is 4.32. The van der Waals surface area contributed by atoms with Gasteiger partial charge in [0.2, 0.25) is 0 Å². The fourth-order valence-corrected chi connectivity index (χ4v) is 1.42. The van der Waals surface area contributed by atoms with E-state index in [1.165, 1.54) is 0 Å². The van der Waals surface area contributed by atoms with Crippen LogP contribution in [0.5, 0.6) is 0 Å². The van der Waals surface area contributed by atoms with E-state index in [0.717, 1.165) is 0 Å². The quantitative estimate of drug-likeness (QED) is 0.774. The minimum atomic E-state index is -1.06. The Morgan fingerprint density at radius 3 is 2.71 bits per heavy atom. The lowest BCUT2D eigenvalue weighted by Gasteiger charge is -2.13. The second kappa shape index (κ2) is 6.10. The van der Waals surface area contributed by atoms with Crippen LogP contribution < -0.4 is 10.6 Å². The van der Waals surface area contributed by atoms with Crippen LogP contribution in [0, 0.1) is 0 Å². The molecule has 3 N–H and O–H groups in total. The first-order valence-electron chi connectivity index (χ1n) is 5.08. The maximum atomic E-state index is 11.5. The molecule has 1 atom stereocenters. The summed E-state index contributed by atoms with van der Waals surface area (Å²) in [7, 11) is 0. The number of carboxylic acid groups (broad SMARTS) is 1. The summed E-state index contributed by atoms with van der Waals surface area (Å²) >= 11 is 5.75. The molecule has 0 fully saturated rings. The lowest BCUT2D eigenvalue weighted by Crippen LogP contribution is -2.42. The Morgan fingerprint density at radius 2 is 2.18 bits per heavy atom. The highest BCUT2D eigenvalue weighted by atomic mass is 35.5. The predicted molar refractivity (Wildman–Crippen MR) is 65.3 cm³/mol. The smallest absolute Gasteiger partial charge is 0.326 e. The van der Waals surface area contributed by atoms with E-state index in [1.807, 2.05) is 0 Å². The predicted octanol–water partition coefficient (Wildman–Crippen LogP) is 2.32. The lowest BCUT2D eigenvalue weighted by molar-refractivity contribution is -0.139. The number of carboxylic acids is 1. The molecular formula is C11H13ClN2O3. The van der Waals surface area contributed by atoms with Crippen LogP contribution in [0.2, 0.25) is 5.02 Å². The van der Waals surface area contributed by atoms with Gasteiger partial charge in [0, 0.05) is 10.7 Å². The molecule has 1 aromatic rings. The molecule has 0 aromatic heterocycles. The van der Waals surface area contributed by atoms with Crippen LogP contribution in [0.15, 0.2) is 24.3 Å². The Hall–Kier alpha value is -1.75. The first-order valence-corrected chi connectivity index (χ1v) is 5.46. The SMILES string of the molecule is CCC(NC(=O)Nc1cccc(Cl)c1)C(=O)O. The molecule has 0 aliphatic rings. The zero-order valence-corrected chi connectivity index (χ0v) is 9.99. The minimum absolute atomic E-state index is 0.318. The number of amides is 2. The van der Waals surface area contributed by atoms with Crippen LogP contribution in [0.4, 0.5) is 10.5 Å². The molecular weight excluding hydrogens is 244 g/mol. The first kappa shape index (κ1) is 13.3. The maximum absolute atomic E-state index is 11.5. The molecule has 5 nitrogen and oxygen atoms in total. The van der Waals surface area contributed by atoms with Crippen molar-refractivity contribution in [1.29, 1.82) is 0 Å². The van der Waals surface area contributed by atoms with Gasteiger partial charge in [-0.1, -0.05) is 24.6 Å². The zero-order valence-electron chi connectivity index (χ0n) is 9.24. The van der Waals surface area contributed by atoms with E-state index >= 15 is 0 Å². The Bertz CT molecular complexity index is 423. The van der Waals surface area contributed by atoms with Crippen LogP contribution in [-0.4, -0.2) is 23.1 Å². The summed E-state index contributed by atoms with van der Waals surface area (Å²) in [4.78, 5) is 22.2. The monoisotopic (exact) mass is 256 g/mol. The fraction of sp³-hybridized carbons (Fsp3) is 0.273. The number of rotatable bonds is 4. The first-order chi connectivity index (χ1) is 8.02. The Labute approximate surface area is 104 Å². The second-order valence-corrected chi connectivity index (χ2v) is 3.84. The maximum Gasteiger partial charge on any atom is 0.326 e. The zero-order chi connectivity index (χ0) is 12.8. The van der Waals surface area contributed by atoms with Gasteiger partial charge in [0.1, 0.15) is 6.04 Å². The number of hydrogen-bond donors (Lipinski definition) is 3. The van der Waals surface area contributed by atoms with Crippen molar-refractivity contribution in [3.05, 3.63) is 29.3 Å². The van der Waals surface area contributed by atoms with Gasteiger partial charge in [-0.2, -0.15) is 0 Å². The fourth-order valence-electron chi connectivity index (χ4n) is 1.23. The van der Waals surface area contributed by atoms with Crippen molar-refractivity contribution in [2.75, 3.05) is 5.32 Å². The summed E-state index contributed by atoms with van der Waals surface area (Å²) in [6.07, 6.45) is 0.318. The minimum Gasteiger partial charge on any atom is -0.480 e. The molecule has 0 spiro atoms. The molecule has 1 unspecified atom stereocenters. The number of hydrogen-bond acceptors (Lipinski definition) is 2. The summed E-state index contributed by atoms with van der Waals surface area (Å²) in [6, 6.07) is 5.13. The van der Waals surface area contributed by atoms with Crippen molar-refractivity contribution in [3.63, 3.8) is 0 Å². The van der Waals surface area contributed by atoms with Gasteiger partial charge >= 0.3 is 12.0 Å². The number of halogens is 1. The van der Waals surface area contributed by atoms with Gasteiger partial charge < -0.3 is 15.7 Å². The third-order valence-electron chi connectivity index (χ3n) is 2.09. The number of carbonyl (C=O) groups is 2. The van der Waals surface area contributed by atoms with Crippen LogP contribution in [0.3, 0.4) is 0 Å². The number of urea groups is 1. The van der Waals surface area contributed by atoms with Gasteiger partial charge in [-0.15, -0.1) is 0 Å². The normalized spacial score (nSPS) is 11.6. The molecule has 1 aromatic carbocycles. The molecule has 17 heavy (non-hydrogen) atoms. The largest absolute Gasteiger partial charge is 0.480 e. The van der Waals surface area contributed by atoms with Gasteiger partial charge in [0.05, 0.1) is 0 Å². The summed E-state index contributed by atoms with van der Waals surface area (Å²) in [5, 5.41) is 14.1. The van der Waals surface area contributed by atoms with Gasteiger partial charge in [-0.25, -0.2) is 9.59 Å². The topological polar surface area (TPSA) is 78.4 Å². The van der Waals surface area contributed by atoms with Gasteiger partial charge in [-0.3, -0.25) is 0 Å². The highest BCUT2D eigenvalue weighted by molar-refractivity contribution is 6.30. The van der Waals surface area contributed by atoms with Crippen molar-refractivity contribution in [2.45, 2.75) is 19.4 Å². The van der Waals surface area contributed by atoms with E-state index in [2.05, 4.69) is 10.6 Å². The average Bonchev–Trinajstić information content (AvgIpc) is 2.25. The molecule has 6 heteroatoms. The number of benzene rings is 1. The number of carbonyl (C=O) groups excluding carboxylic acids is 1. The molecule has 0 bridgehead atoms. The van der Waals surface area contributed by atoms with Crippen LogP contribution >= 0.6 is 11.6 Å². The van der Waals surface area contributed by atoms with Crippen LogP contribution in [-0.2, 0) is 4.79 Å². The van der Waals surface area contributed by atoms with Gasteiger partial charge in [0.15, 0.2) is 0 Å². The van der Waals surface area contributed by atoms with E-state index in [0.29, 0.717) is 17.1 Å². The molecule has 0 aliphatic heterocycles. The summed E-state index contributed by atoms with van der Waals surface area (Å²) in [5.41, 5.74) is 0.509. The van der Waals surface area contributed by atoms with Crippen molar-refractivity contribution >= 4 is 29.3 Å². The van der Waals surface area contributed by atoms with Crippen LogP contribution in [0.25, 0.3) is 0 Å². The summed E-state index contributed by atoms with van der Waals surface area (Å²) in [6.45, 7) is 1.68. The van der Waals surface area contributed by atoms with Crippen LogP contribution in [0.1, 0.15) is 13.3 Å². The second-order valence-electron chi connectivity index (χ2n) is 3.41. The molecule has 0 saturated carbocycles. The standard InChI is InChI=1S/C11H13ClN2O3/c1-2-9(10(15)16)14-11(17)13-8-5-3-4-7(12)6-8/h3-6,9H,2H2,1H3,(H,15,16)(H2,13,14,17). The third-order valence-corrected chi connectivity index (χ3v) is 2.33. The number of anilines is 1. The van der Waals surface area contributed by atoms with E-state index in [9.17, 15) is 9.59 Å². The molecule has 0 saturated heterocycles. The molecule has 92 valence electrons. The number of aliphatic carboxylic acids is 1. The molecule has 0 heterocycles. The Balaban J connectivity index is 2.58. The van der Waals surface area contributed by atoms with Gasteiger partial charge in [0.25, 0.3) is 0 Å². The summed E-state index contributed by atoms with van der Waals surface area (Å²) < 4.78 is 0. The van der Waals surface area contributed by atoms with E-state index in [-0.39, 0.29) is 0 Å². The Kier molecular flexibility index (Phi) is 4.78. The molecule has 1 rings (SSSR count). The lowest BCUT2D eigenvalue weighted by atomic mass is 10.2. The Morgan fingerprint density at radius 1 is 1.47 bits per heavy atom. The van der Waals surface area contributed by atoms with Crippen molar-refractivity contribution in [2.24, 2.45) is 0 Å². The highest BCUT2D eigenvalue weighted by Gasteiger charge is 2.17. The molecule has 0 aliphatic carbocycles. The summed E-state index contributed by atoms with van der Waals surface area (Å²) in [5.74, 6) is -1.06. The number of nitrogens with one attached hydrogen (secondary N) is 2.